The Balaban J connectivity index is 3.95. The van der Waals surface area contributed by atoms with Crippen LogP contribution in [0.15, 0.2) is 60.8 Å². The van der Waals surface area contributed by atoms with Crippen LogP contribution in [0.1, 0.15) is 219 Å². The molecule has 0 aromatic heterocycles. The molecule has 0 saturated heterocycles. The number of allylic oxidation sites excluding steroid dienone is 10. The summed E-state index contributed by atoms with van der Waals surface area (Å²) in [5.41, 5.74) is 0. The molecule has 336 valence electrons. The van der Waals surface area contributed by atoms with Crippen molar-refractivity contribution in [2.75, 3.05) is 13.2 Å². The Kier molecular flexibility index (Phi) is 42.6. The van der Waals surface area contributed by atoms with Crippen LogP contribution in [0, 0.1) is 0 Å². The fraction of sp³-hybridized carbons (Fsp3) is 0.755. The van der Waals surface area contributed by atoms with Gasteiger partial charge in [-0.15, -0.1) is 0 Å². The summed E-state index contributed by atoms with van der Waals surface area (Å²) in [6.07, 6.45) is 56.8. The molecule has 0 aromatic carbocycles. The van der Waals surface area contributed by atoms with E-state index in [-0.39, 0.29) is 19.4 Å². The summed E-state index contributed by atoms with van der Waals surface area (Å²) in [6.45, 7) is 3.62. The lowest BCUT2D eigenvalue weighted by Crippen LogP contribution is -2.29. The van der Waals surface area contributed by atoms with E-state index in [4.69, 9.17) is 19.3 Å². The minimum absolute atomic E-state index is 0.143. The van der Waals surface area contributed by atoms with Gasteiger partial charge in [0.2, 0.25) is 0 Å². The Morgan fingerprint density at radius 1 is 0.448 bits per heavy atom. The number of hydrogen-bond donors (Lipinski definition) is 2. The lowest BCUT2D eigenvalue weighted by Gasteiger charge is -2.18. The summed E-state index contributed by atoms with van der Waals surface area (Å²) in [5.74, 6) is -0.975. The zero-order chi connectivity index (χ0) is 42.5. The van der Waals surface area contributed by atoms with Crippen molar-refractivity contribution in [3.05, 3.63) is 60.8 Å². The number of esters is 2. The van der Waals surface area contributed by atoms with E-state index in [1.165, 1.54) is 135 Å². The van der Waals surface area contributed by atoms with E-state index in [9.17, 15) is 14.2 Å². The highest BCUT2D eigenvalue weighted by molar-refractivity contribution is 7.46. The van der Waals surface area contributed by atoms with Crippen LogP contribution in [0.2, 0.25) is 0 Å². The predicted octanol–water partition coefficient (Wildman–Crippen LogP) is 14.9. The molecule has 0 aromatic rings. The number of unbranched alkanes of at least 4 members (excludes halogenated alkanes) is 23. The minimum Gasteiger partial charge on any atom is -0.462 e. The molecular formula is C49H87O8P. The summed E-state index contributed by atoms with van der Waals surface area (Å²) >= 11 is 0. The van der Waals surface area contributed by atoms with Gasteiger partial charge in [0.1, 0.15) is 6.61 Å². The van der Waals surface area contributed by atoms with Gasteiger partial charge in [-0.2, -0.15) is 0 Å². The molecule has 2 N–H and O–H groups in total. The monoisotopic (exact) mass is 835 g/mol. The first kappa shape index (κ1) is 55.8. The van der Waals surface area contributed by atoms with Crippen molar-refractivity contribution in [1.29, 1.82) is 0 Å². The Morgan fingerprint density at radius 3 is 1.22 bits per heavy atom. The van der Waals surface area contributed by atoms with Crippen LogP contribution in [0.4, 0.5) is 0 Å². The van der Waals surface area contributed by atoms with E-state index in [0.717, 1.165) is 44.9 Å². The number of rotatable bonds is 43. The second-order valence-corrected chi connectivity index (χ2v) is 17.0. The molecule has 0 aliphatic carbocycles. The lowest BCUT2D eigenvalue weighted by atomic mass is 10.0. The molecule has 8 nitrogen and oxygen atoms in total. The number of phosphoric ester groups is 1. The van der Waals surface area contributed by atoms with Crippen molar-refractivity contribution in [2.45, 2.75) is 225 Å². The smallest absolute Gasteiger partial charge is 0.462 e. The number of hydrogen-bond acceptors (Lipinski definition) is 6. The van der Waals surface area contributed by atoms with Gasteiger partial charge < -0.3 is 19.3 Å². The van der Waals surface area contributed by atoms with E-state index in [1.807, 2.05) is 12.2 Å². The van der Waals surface area contributed by atoms with Gasteiger partial charge in [-0.25, -0.2) is 4.57 Å². The molecule has 9 heteroatoms. The Labute approximate surface area is 356 Å². The lowest BCUT2D eigenvalue weighted by molar-refractivity contribution is -0.161. The van der Waals surface area contributed by atoms with E-state index in [2.05, 4.69) is 67.0 Å². The molecule has 0 radical (unpaired) electrons. The third-order valence-corrected chi connectivity index (χ3v) is 10.5. The third kappa shape index (κ3) is 46.4. The summed E-state index contributed by atoms with van der Waals surface area (Å²) < 4.78 is 26.4. The maximum absolute atomic E-state index is 12.4. The molecule has 0 amide bonds. The normalized spacial score (nSPS) is 13.0. The first-order valence-corrected chi connectivity index (χ1v) is 25.1. The summed E-state index contributed by atoms with van der Waals surface area (Å²) in [6, 6.07) is 0. The average Bonchev–Trinajstić information content (AvgIpc) is 3.20. The number of phosphoric acid groups is 1. The standard InChI is InChI=1S/C49H87O8P/c1-3-5-7-9-11-13-15-17-19-21-23-24-26-28-30-32-34-36-38-40-42-44-49(51)57-47(46-56-58(52,53)54)45-55-48(50)43-41-39-37-35-33-31-29-27-25-22-20-18-16-14-12-10-8-6-4-2/h12,14,18,20,25,27,31,33,37,39,47H,3-11,13,15-17,19,21-24,26,28-30,32,34-36,38,40-46H2,1-2H3,(H2,52,53,54)/b14-12-,20-18-,27-25-,33-31-,39-37-/t47-/m1/s1. The molecule has 0 unspecified atom stereocenters. The summed E-state index contributed by atoms with van der Waals surface area (Å²) in [7, 11) is -4.77. The highest BCUT2D eigenvalue weighted by Crippen LogP contribution is 2.36. The van der Waals surface area contributed by atoms with Crippen molar-refractivity contribution in [3.63, 3.8) is 0 Å². The van der Waals surface area contributed by atoms with Gasteiger partial charge in [0, 0.05) is 12.8 Å². The van der Waals surface area contributed by atoms with Crippen LogP contribution in [-0.2, 0) is 28.2 Å². The summed E-state index contributed by atoms with van der Waals surface area (Å²) in [4.78, 5) is 42.9. The highest BCUT2D eigenvalue weighted by atomic mass is 31.2. The molecule has 0 bridgehead atoms. The van der Waals surface area contributed by atoms with Gasteiger partial charge in [0.05, 0.1) is 6.61 Å². The van der Waals surface area contributed by atoms with E-state index >= 15 is 0 Å². The fourth-order valence-electron chi connectivity index (χ4n) is 6.53. The average molecular weight is 835 g/mol. The topological polar surface area (TPSA) is 119 Å². The van der Waals surface area contributed by atoms with Crippen molar-refractivity contribution < 1.29 is 37.9 Å². The van der Waals surface area contributed by atoms with Gasteiger partial charge in [-0.1, -0.05) is 216 Å². The van der Waals surface area contributed by atoms with Crippen LogP contribution >= 0.6 is 7.82 Å². The van der Waals surface area contributed by atoms with E-state index in [1.54, 1.807) is 0 Å². The third-order valence-electron chi connectivity index (χ3n) is 10.1. The van der Waals surface area contributed by atoms with Gasteiger partial charge in [0.15, 0.2) is 6.10 Å². The predicted molar refractivity (Wildman–Crippen MR) is 244 cm³/mol. The molecule has 0 fully saturated rings. The SMILES string of the molecule is CCCCC/C=C\C/C=C\C/C=C\C/C=C\C/C=C\CCC(=O)OC[C@H](COP(=O)(O)O)OC(=O)CCCCCCCCCCCCCCCCCCCCCCC. The molecular weight excluding hydrogens is 748 g/mol. The van der Waals surface area contributed by atoms with Gasteiger partial charge >= 0.3 is 19.8 Å². The molecule has 0 spiro atoms. The van der Waals surface area contributed by atoms with Crippen LogP contribution in [0.3, 0.4) is 0 Å². The van der Waals surface area contributed by atoms with E-state index in [0.29, 0.717) is 12.8 Å². The maximum atomic E-state index is 12.4. The first-order chi connectivity index (χ1) is 28.3. The Morgan fingerprint density at radius 2 is 0.810 bits per heavy atom. The second-order valence-electron chi connectivity index (χ2n) is 15.7. The largest absolute Gasteiger partial charge is 0.469 e. The molecule has 0 heterocycles. The molecule has 58 heavy (non-hydrogen) atoms. The zero-order valence-corrected chi connectivity index (χ0v) is 38.1. The van der Waals surface area contributed by atoms with Crippen LogP contribution in [0.25, 0.3) is 0 Å². The molecule has 0 aliphatic heterocycles. The van der Waals surface area contributed by atoms with Crippen molar-refractivity contribution in [2.24, 2.45) is 0 Å². The van der Waals surface area contributed by atoms with Gasteiger partial charge in [-0.05, 0) is 51.4 Å². The molecule has 0 saturated carbocycles. The summed E-state index contributed by atoms with van der Waals surface area (Å²) in [5, 5.41) is 0. The van der Waals surface area contributed by atoms with Gasteiger partial charge in [-0.3, -0.25) is 14.1 Å². The number of ether oxygens (including phenoxy) is 2. The minimum atomic E-state index is -4.77. The Bertz CT molecular complexity index is 1120. The second kappa shape index (κ2) is 44.3. The fourth-order valence-corrected chi connectivity index (χ4v) is 6.89. The first-order valence-electron chi connectivity index (χ1n) is 23.6. The highest BCUT2D eigenvalue weighted by Gasteiger charge is 2.22. The molecule has 1 atom stereocenters. The maximum Gasteiger partial charge on any atom is 0.469 e. The van der Waals surface area contributed by atoms with Crippen molar-refractivity contribution in [3.8, 4) is 0 Å². The quantitative estimate of drug-likeness (QED) is 0.0270. The van der Waals surface area contributed by atoms with Gasteiger partial charge in [0.25, 0.3) is 0 Å². The molecule has 0 rings (SSSR count). The van der Waals surface area contributed by atoms with Crippen LogP contribution in [0.5, 0.6) is 0 Å². The van der Waals surface area contributed by atoms with Crippen molar-refractivity contribution >= 4 is 19.8 Å². The zero-order valence-electron chi connectivity index (χ0n) is 37.2. The molecule has 0 aliphatic rings. The number of carbonyl (C=O) groups is 2. The number of carbonyl (C=O) groups excluding carboxylic acids is 2. The van der Waals surface area contributed by atoms with E-state index < -0.39 is 32.5 Å². The van der Waals surface area contributed by atoms with Crippen LogP contribution < -0.4 is 0 Å². The van der Waals surface area contributed by atoms with Crippen LogP contribution in [-0.4, -0.2) is 41.0 Å². The Hall–Kier alpha value is -2.25. The van der Waals surface area contributed by atoms with Crippen molar-refractivity contribution in [1.82, 2.24) is 0 Å².